The number of unbranched alkanes of at least 4 members (excludes halogenated alkanes) is 3. The molecular formula is C16H29NO. The Labute approximate surface area is 112 Å². The van der Waals surface area contributed by atoms with Gasteiger partial charge in [-0.1, -0.05) is 64.2 Å². The predicted molar refractivity (Wildman–Crippen MR) is 79.7 cm³/mol. The molecule has 1 atom stereocenters. The second-order valence-corrected chi connectivity index (χ2v) is 4.73. The second kappa shape index (κ2) is 12.4. The molecule has 0 saturated carbocycles. The highest BCUT2D eigenvalue weighted by atomic mass is 16.3. The van der Waals surface area contributed by atoms with Crippen LogP contribution in [-0.4, -0.2) is 11.1 Å². The summed E-state index contributed by atoms with van der Waals surface area (Å²) in [6.45, 7) is 4.44. The van der Waals surface area contributed by atoms with E-state index in [2.05, 4.69) is 13.8 Å². The van der Waals surface area contributed by atoms with E-state index in [0.29, 0.717) is 11.8 Å². The van der Waals surface area contributed by atoms with Crippen molar-refractivity contribution >= 4 is 0 Å². The number of nitrogens with two attached hydrogens (primary N) is 1. The first kappa shape index (κ1) is 17.0. The Balaban J connectivity index is 0.000000351. The topological polar surface area (TPSA) is 46.2 Å². The molecule has 3 N–H and O–H groups in total. The minimum atomic E-state index is 0.322. The summed E-state index contributed by atoms with van der Waals surface area (Å²) in [5.41, 5.74) is 5.87. The fraction of sp³-hybridized carbons (Fsp3) is 0.625. The highest BCUT2D eigenvalue weighted by Crippen LogP contribution is 2.07. The predicted octanol–water partition coefficient (Wildman–Crippen LogP) is 4.48. The number of phenolic OH excluding ortho intramolecular Hbond substituents is 1. The highest BCUT2D eigenvalue weighted by molar-refractivity contribution is 5.18. The molecule has 0 bridgehead atoms. The quantitative estimate of drug-likeness (QED) is 0.702. The average molecular weight is 251 g/mol. The molecule has 2 nitrogen and oxygen atoms in total. The fourth-order valence-electron chi connectivity index (χ4n) is 1.78. The molecule has 0 aromatic heterocycles. The summed E-state index contributed by atoms with van der Waals surface area (Å²) in [5.74, 6) is 0.322. The van der Waals surface area contributed by atoms with Crippen LogP contribution < -0.4 is 5.73 Å². The molecule has 0 heterocycles. The van der Waals surface area contributed by atoms with E-state index in [-0.39, 0.29) is 0 Å². The van der Waals surface area contributed by atoms with E-state index in [4.69, 9.17) is 10.8 Å². The van der Waals surface area contributed by atoms with Crippen molar-refractivity contribution in [3.63, 3.8) is 0 Å². The first-order valence-corrected chi connectivity index (χ1v) is 7.20. The lowest BCUT2D eigenvalue weighted by Crippen LogP contribution is -2.18. The van der Waals surface area contributed by atoms with Crippen LogP contribution in [0.4, 0.5) is 0 Å². The number of aromatic hydroxyl groups is 1. The standard InChI is InChI=1S/C10H23N.C6H6O/c1-3-5-6-7-9-10(11)8-4-2;7-6-4-2-1-3-5-6/h10H,3-9,11H2,1-2H3;1-5,7H. The molecule has 0 aliphatic carbocycles. The maximum absolute atomic E-state index is 8.63. The molecule has 0 saturated heterocycles. The summed E-state index contributed by atoms with van der Waals surface area (Å²) in [6.07, 6.45) is 9.06. The van der Waals surface area contributed by atoms with Crippen LogP contribution in [0.3, 0.4) is 0 Å². The van der Waals surface area contributed by atoms with Gasteiger partial charge in [0.15, 0.2) is 0 Å². The Hall–Kier alpha value is -1.02. The zero-order valence-corrected chi connectivity index (χ0v) is 11.9. The Morgan fingerprint density at radius 2 is 1.61 bits per heavy atom. The minimum absolute atomic E-state index is 0.322. The normalized spacial score (nSPS) is 11.5. The Morgan fingerprint density at radius 1 is 0.944 bits per heavy atom. The van der Waals surface area contributed by atoms with Crippen LogP contribution in [-0.2, 0) is 0 Å². The van der Waals surface area contributed by atoms with Crippen LogP contribution >= 0.6 is 0 Å². The lowest BCUT2D eigenvalue weighted by molar-refractivity contribution is 0.475. The van der Waals surface area contributed by atoms with Gasteiger partial charge in [-0.25, -0.2) is 0 Å². The van der Waals surface area contributed by atoms with Gasteiger partial charge in [0.05, 0.1) is 0 Å². The van der Waals surface area contributed by atoms with Gasteiger partial charge < -0.3 is 10.8 Å². The van der Waals surface area contributed by atoms with Gasteiger partial charge in [-0.15, -0.1) is 0 Å². The average Bonchev–Trinajstić information content (AvgIpc) is 2.37. The number of hydrogen-bond acceptors (Lipinski definition) is 2. The number of para-hydroxylation sites is 1. The summed E-state index contributed by atoms with van der Waals surface area (Å²) in [7, 11) is 0. The van der Waals surface area contributed by atoms with Crippen molar-refractivity contribution in [3.05, 3.63) is 30.3 Å². The highest BCUT2D eigenvalue weighted by Gasteiger charge is 1.99. The van der Waals surface area contributed by atoms with Crippen molar-refractivity contribution in [2.24, 2.45) is 5.73 Å². The van der Waals surface area contributed by atoms with Crippen LogP contribution in [0, 0.1) is 0 Å². The molecule has 104 valence electrons. The first-order valence-electron chi connectivity index (χ1n) is 7.20. The summed E-state index contributed by atoms with van der Waals surface area (Å²) < 4.78 is 0. The Morgan fingerprint density at radius 3 is 2.06 bits per heavy atom. The smallest absolute Gasteiger partial charge is 0.115 e. The summed E-state index contributed by atoms with van der Waals surface area (Å²) in [6, 6.07) is 9.18. The van der Waals surface area contributed by atoms with Crippen molar-refractivity contribution in [2.45, 2.75) is 64.8 Å². The van der Waals surface area contributed by atoms with Gasteiger partial charge in [0, 0.05) is 6.04 Å². The van der Waals surface area contributed by atoms with Gasteiger partial charge in [0.1, 0.15) is 5.75 Å². The Bertz CT molecular complexity index is 261. The molecule has 0 aliphatic rings. The molecule has 0 fully saturated rings. The van der Waals surface area contributed by atoms with Crippen LogP contribution in [0.1, 0.15) is 58.8 Å². The van der Waals surface area contributed by atoms with Crippen molar-refractivity contribution in [1.82, 2.24) is 0 Å². The van der Waals surface area contributed by atoms with E-state index >= 15 is 0 Å². The molecular weight excluding hydrogens is 222 g/mol. The van der Waals surface area contributed by atoms with Crippen molar-refractivity contribution in [2.75, 3.05) is 0 Å². The Kier molecular flexibility index (Phi) is 11.7. The van der Waals surface area contributed by atoms with Crippen molar-refractivity contribution < 1.29 is 5.11 Å². The third-order valence-electron chi connectivity index (χ3n) is 2.84. The maximum atomic E-state index is 8.63. The van der Waals surface area contributed by atoms with Gasteiger partial charge in [0.2, 0.25) is 0 Å². The SMILES string of the molecule is CCCCCCC(N)CCC.Oc1ccccc1. The largest absolute Gasteiger partial charge is 0.508 e. The zero-order valence-electron chi connectivity index (χ0n) is 11.9. The zero-order chi connectivity index (χ0) is 13.6. The van der Waals surface area contributed by atoms with Gasteiger partial charge in [0.25, 0.3) is 0 Å². The molecule has 1 unspecified atom stereocenters. The van der Waals surface area contributed by atoms with Gasteiger partial charge >= 0.3 is 0 Å². The van der Waals surface area contributed by atoms with E-state index in [1.54, 1.807) is 24.3 Å². The minimum Gasteiger partial charge on any atom is -0.508 e. The van der Waals surface area contributed by atoms with Crippen molar-refractivity contribution in [1.29, 1.82) is 0 Å². The molecule has 0 aliphatic heterocycles. The van der Waals surface area contributed by atoms with Gasteiger partial charge in [-0.3, -0.25) is 0 Å². The van der Waals surface area contributed by atoms with Crippen LogP contribution in [0.15, 0.2) is 30.3 Å². The molecule has 0 radical (unpaired) electrons. The number of benzene rings is 1. The summed E-state index contributed by atoms with van der Waals surface area (Å²) >= 11 is 0. The van der Waals surface area contributed by atoms with Crippen molar-refractivity contribution in [3.8, 4) is 5.75 Å². The van der Waals surface area contributed by atoms with E-state index < -0.39 is 0 Å². The summed E-state index contributed by atoms with van der Waals surface area (Å²) in [4.78, 5) is 0. The molecule has 0 spiro atoms. The number of hydrogen-bond donors (Lipinski definition) is 2. The second-order valence-electron chi connectivity index (χ2n) is 4.73. The van der Waals surface area contributed by atoms with E-state index in [0.717, 1.165) is 0 Å². The van der Waals surface area contributed by atoms with Crippen LogP contribution in [0.25, 0.3) is 0 Å². The molecule has 1 rings (SSSR count). The lowest BCUT2D eigenvalue weighted by atomic mass is 10.0. The monoisotopic (exact) mass is 251 g/mol. The van der Waals surface area contributed by atoms with E-state index in [1.165, 1.54) is 44.9 Å². The fourth-order valence-corrected chi connectivity index (χ4v) is 1.78. The summed E-state index contributed by atoms with van der Waals surface area (Å²) in [5, 5.41) is 8.63. The van der Waals surface area contributed by atoms with Gasteiger partial charge in [-0.2, -0.15) is 0 Å². The van der Waals surface area contributed by atoms with Crippen LogP contribution in [0.2, 0.25) is 0 Å². The van der Waals surface area contributed by atoms with Gasteiger partial charge in [-0.05, 0) is 25.0 Å². The molecule has 1 aromatic carbocycles. The lowest BCUT2D eigenvalue weighted by Gasteiger charge is -2.08. The third-order valence-corrected chi connectivity index (χ3v) is 2.84. The molecule has 2 heteroatoms. The third kappa shape index (κ3) is 11.5. The first-order chi connectivity index (χ1) is 8.70. The number of rotatable bonds is 7. The van der Waals surface area contributed by atoms with E-state index in [9.17, 15) is 0 Å². The maximum Gasteiger partial charge on any atom is 0.115 e. The van der Waals surface area contributed by atoms with E-state index in [1.807, 2.05) is 6.07 Å². The molecule has 18 heavy (non-hydrogen) atoms. The number of phenols is 1. The molecule has 0 amide bonds. The molecule has 1 aromatic rings. The van der Waals surface area contributed by atoms with Crippen LogP contribution in [0.5, 0.6) is 5.75 Å².